The second kappa shape index (κ2) is 10.3. The van der Waals surface area contributed by atoms with Crippen LogP contribution < -0.4 is 21.7 Å². The maximum atomic E-state index is 13.2. The van der Waals surface area contributed by atoms with Crippen LogP contribution in [0.2, 0.25) is 0 Å². The number of hydrogen-bond acceptors (Lipinski definition) is 4. The molecule has 2 heterocycles. The first-order valence-electron chi connectivity index (χ1n) is 10.6. The minimum Gasteiger partial charge on any atom is -0.368 e. The van der Waals surface area contributed by atoms with Crippen molar-refractivity contribution in [1.29, 1.82) is 0 Å². The van der Waals surface area contributed by atoms with Crippen molar-refractivity contribution in [3.05, 3.63) is 24.0 Å². The molecule has 1 aliphatic rings. The summed E-state index contributed by atoms with van der Waals surface area (Å²) in [6.45, 7) is 7.72. The van der Waals surface area contributed by atoms with E-state index in [0.29, 0.717) is 12.1 Å². The zero-order chi connectivity index (χ0) is 23.3. The van der Waals surface area contributed by atoms with Gasteiger partial charge in [-0.2, -0.15) is 0 Å². The lowest BCUT2D eigenvalue weighted by molar-refractivity contribution is -0.130. The van der Waals surface area contributed by atoms with E-state index in [1.54, 1.807) is 29.9 Å². The van der Waals surface area contributed by atoms with Gasteiger partial charge in [0.25, 0.3) is 5.91 Å². The van der Waals surface area contributed by atoms with Crippen molar-refractivity contribution in [1.82, 2.24) is 25.4 Å². The molecule has 0 unspecified atom stereocenters. The lowest BCUT2D eigenvalue weighted by Gasteiger charge is -2.26. The predicted molar refractivity (Wildman–Crippen MR) is 116 cm³/mol. The number of nitrogens with zero attached hydrogens (tertiary/aromatic N) is 2. The van der Waals surface area contributed by atoms with E-state index in [1.165, 1.54) is 4.90 Å². The van der Waals surface area contributed by atoms with Gasteiger partial charge in [0, 0.05) is 25.8 Å². The molecular formula is C21H34N6O4. The molecule has 5 amide bonds. The number of aryl methyl sites for hydroxylation is 1. The molecule has 1 aromatic rings. The molecule has 0 aromatic carbocycles. The summed E-state index contributed by atoms with van der Waals surface area (Å²) in [6.07, 6.45) is 2.38. The molecule has 172 valence electrons. The molecule has 1 saturated heterocycles. The van der Waals surface area contributed by atoms with Crippen LogP contribution in [0.5, 0.6) is 0 Å². The third kappa shape index (κ3) is 6.47. The van der Waals surface area contributed by atoms with E-state index in [9.17, 15) is 19.2 Å². The fourth-order valence-electron chi connectivity index (χ4n) is 3.72. The van der Waals surface area contributed by atoms with Crippen LogP contribution in [-0.2, 0) is 16.6 Å². The van der Waals surface area contributed by atoms with Crippen molar-refractivity contribution in [3.8, 4) is 0 Å². The summed E-state index contributed by atoms with van der Waals surface area (Å²) in [7, 11) is 1.75. The van der Waals surface area contributed by atoms with Crippen LogP contribution in [-0.4, -0.2) is 63.9 Å². The Bertz CT molecular complexity index is 819. The highest BCUT2D eigenvalue weighted by atomic mass is 16.2. The van der Waals surface area contributed by atoms with Crippen molar-refractivity contribution in [2.24, 2.45) is 18.7 Å². The van der Waals surface area contributed by atoms with Crippen molar-refractivity contribution in [3.63, 3.8) is 0 Å². The normalized spacial score (nSPS) is 19.4. The molecule has 2 rings (SSSR count). The third-order valence-electron chi connectivity index (χ3n) is 5.15. The van der Waals surface area contributed by atoms with E-state index in [-0.39, 0.29) is 36.9 Å². The number of carbonyl (C=O) groups is 4. The zero-order valence-electron chi connectivity index (χ0n) is 18.8. The van der Waals surface area contributed by atoms with Gasteiger partial charge in [-0.25, -0.2) is 4.79 Å². The molecule has 0 saturated carbocycles. The Kier molecular flexibility index (Phi) is 8.07. The van der Waals surface area contributed by atoms with Gasteiger partial charge in [-0.3, -0.25) is 14.4 Å². The number of amides is 5. The van der Waals surface area contributed by atoms with Crippen LogP contribution in [0.4, 0.5) is 4.79 Å². The second-order valence-electron chi connectivity index (χ2n) is 8.78. The SMILES string of the molecule is CC(C)C[C@H](NC(=O)[C@H]1C[C@H](NC(=O)NC(C)C)CN1C(=O)c1cccn1C)C(N)=O. The zero-order valence-corrected chi connectivity index (χ0v) is 18.8. The summed E-state index contributed by atoms with van der Waals surface area (Å²) in [5, 5.41) is 8.27. The van der Waals surface area contributed by atoms with Gasteiger partial charge in [-0.05, 0) is 44.7 Å². The minimum atomic E-state index is -0.833. The van der Waals surface area contributed by atoms with Crippen molar-refractivity contribution >= 4 is 23.8 Å². The summed E-state index contributed by atoms with van der Waals surface area (Å²) in [5.41, 5.74) is 5.89. The molecule has 0 aliphatic carbocycles. The summed E-state index contributed by atoms with van der Waals surface area (Å²) >= 11 is 0. The first-order chi connectivity index (χ1) is 14.5. The fraction of sp³-hybridized carbons (Fsp3) is 0.619. The monoisotopic (exact) mass is 434 g/mol. The number of nitrogens with two attached hydrogens (primary N) is 1. The quantitative estimate of drug-likeness (QED) is 0.468. The molecule has 5 N–H and O–H groups in total. The molecule has 3 atom stereocenters. The van der Waals surface area contributed by atoms with Crippen LogP contribution in [0.3, 0.4) is 0 Å². The van der Waals surface area contributed by atoms with Crippen LogP contribution >= 0.6 is 0 Å². The number of nitrogens with one attached hydrogen (secondary N) is 3. The molecule has 1 aromatic heterocycles. The average Bonchev–Trinajstić information content (AvgIpc) is 3.25. The second-order valence-corrected chi connectivity index (χ2v) is 8.78. The summed E-state index contributed by atoms with van der Waals surface area (Å²) in [6, 6.07) is 0.952. The number of primary amides is 1. The van der Waals surface area contributed by atoms with Crippen molar-refractivity contribution in [2.75, 3.05) is 6.54 Å². The number of hydrogen-bond donors (Lipinski definition) is 4. The Balaban J connectivity index is 2.21. The Morgan fingerprint density at radius 2 is 1.84 bits per heavy atom. The van der Waals surface area contributed by atoms with E-state index in [2.05, 4.69) is 16.0 Å². The Morgan fingerprint density at radius 1 is 1.16 bits per heavy atom. The summed E-state index contributed by atoms with van der Waals surface area (Å²) < 4.78 is 1.68. The number of aromatic nitrogens is 1. The van der Waals surface area contributed by atoms with E-state index >= 15 is 0 Å². The Labute approximate surface area is 182 Å². The molecule has 31 heavy (non-hydrogen) atoms. The molecule has 1 fully saturated rings. The number of carbonyl (C=O) groups excluding carboxylic acids is 4. The predicted octanol–water partition coefficient (Wildman–Crippen LogP) is 0.332. The van der Waals surface area contributed by atoms with Crippen LogP contribution in [0.15, 0.2) is 18.3 Å². The topological polar surface area (TPSA) is 139 Å². The largest absolute Gasteiger partial charge is 0.368 e. The molecule has 0 radical (unpaired) electrons. The average molecular weight is 435 g/mol. The van der Waals surface area contributed by atoms with E-state index in [1.807, 2.05) is 27.7 Å². The standard InChI is InChI=1S/C21H34N6O4/c1-12(2)9-15(18(22)28)25-19(29)17-10-14(24-21(31)23-13(3)4)11-27(17)20(30)16-7-6-8-26(16)5/h6-8,12-15,17H,9-11H2,1-5H3,(H2,22,28)(H,25,29)(H2,23,24,31)/t14-,15-,17+/m0/s1. The van der Waals surface area contributed by atoms with Crippen molar-refractivity contribution in [2.45, 2.75) is 64.7 Å². The van der Waals surface area contributed by atoms with Crippen LogP contribution in [0.25, 0.3) is 0 Å². The Hall–Kier alpha value is -3.04. The molecule has 10 heteroatoms. The molecule has 1 aliphatic heterocycles. The smallest absolute Gasteiger partial charge is 0.315 e. The number of likely N-dealkylation sites (tertiary alicyclic amines) is 1. The van der Waals surface area contributed by atoms with E-state index in [4.69, 9.17) is 5.73 Å². The van der Waals surface area contributed by atoms with Gasteiger partial charge in [0.2, 0.25) is 11.8 Å². The lowest BCUT2D eigenvalue weighted by atomic mass is 10.0. The Morgan fingerprint density at radius 3 is 2.35 bits per heavy atom. The number of rotatable bonds is 8. The first-order valence-corrected chi connectivity index (χ1v) is 10.6. The summed E-state index contributed by atoms with van der Waals surface area (Å²) in [5.74, 6) is -1.25. The fourth-order valence-corrected chi connectivity index (χ4v) is 3.72. The van der Waals surface area contributed by atoms with Crippen molar-refractivity contribution < 1.29 is 19.2 Å². The summed E-state index contributed by atoms with van der Waals surface area (Å²) in [4.78, 5) is 51.6. The van der Waals surface area contributed by atoms with Gasteiger partial charge >= 0.3 is 6.03 Å². The maximum absolute atomic E-state index is 13.2. The molecule has 0 spiro atoms. The molecule has 0 bridgehead atoms. The first kappa shape index (κ1) is 24.2. The van der Waals surface area contributed by atoms with E-state index in [0.717, 1.165) is 0 Å². The van der Waals surface area contributed by atoms with E-state index < -0.39 is 29.9 Å². The maximum Gasteiger partial charge on any atom is 0.315 e. The van der Waals surface area contributed by atoms with Gasteiger partial charge < -0.3 is 31.2 Å². The van der Waals surface area contributed by atoms with Gasteiger partial charge in [0.1, 0.15) is 17.8 Å². The van der Waals surface area contributed by atoms with Gasteiger partial charge in [-0.1, -0.05) is 13.8 Å². The van der Waals surface area contributed by atoms with Gasteiger partial charge in [0.15, 0.2) is 0 Å². The highest BCUT2D eigenvalue weighted by molar-refractivity contribution is 5.98. The van der Waals surface area contributed by atoms with Gasteiger partial charge in [-0.15, -0.1) is 0 Å². The lowest BCUT2D eigenvalue weighted by Crippen LogP contribution is -2.52. The molecular weight excluding hydrogens is 400 g/mol. The minimum absolute atomic E-state index is 0.0473. The number of urea groups is 1. The third-order valence-corrected chi connectivity index (χ3v) is 5.15. The highest BCUT2D eigenvalue weighted by Crippen LogP contribution is 2.22. The highest BCUT2D eigenvalue weighted by Gasteiger charge is 2.41. The van der Waals surface area contributed by atoms with Gasteiger partial charge in [0.05, 0.1) is 6.04 Å². The van der Waals surface area contributed by atoms with Crippen LogP contribution in [0, 0.1) is 5.92 Å². The molecule has 10 nitrogen and oxygen atoms in total. The van der Waals surface area contributed by atoms with Crippen LogP contribution in [0.1, 0.15) is 51.0 Å².